The lowest BCUT2D eigenvalue weighted by molar-refractivity contribution is -0.870. The average Bonchev–Trinajstić information content (AvgIpc) is 2.67. The van der Waals surface area contributed by atoms with Crippen molar-refractivity contribution in [3.8, 4) is 0 Å². The molecule has 0 aliphatic rings. The monoisotopic (exact) mass is 480 g/mol. The number of phosphoric ester groups is 1. The number of likely N-dealkylation sites (N-methyl/N-ethyl adjacent to an activating group) is 1. The van der Waals surface area contributed by atoms with Crippen molar-refractivity contribution in [1.82, 2.24) is 5.32 Å². The van der Waals surface area contributed by atoms with Crippen molar-refractivity contribution < 1.29 is 37.7 Å². The van der Waals surface area contributed by atoms with Gasteiger partial charge in [-0.2, -0.15) is 0 Å². The van der Waals surface area contributed by atoms with Crippen LogP contribution in [-0.2, 0) is 23.2 Å². The third kappa shape index (κ3) is 19.7. The Bertz CT molecular complexity index is 567. The van der Waals surface area contributed by atoms with E-state index in [1.807, 2.05) is 21.1 Å². The normalized spacial score (nSPS) is 14.7. The van der Waals surface area contributed by atoms with Crippen molar-refractivity contribution in [1.29, 1.82) is 0 Å². The largest absolute Gasteiger partial charge is 0.756 e. The minimum atomic E-state index is -4.64. The maximum absolute atomic E-state index is 12.0. The van der Waals surface area contributed by atoms with Gasteiger partial charge in [0.2, 0.25) is 5.91 Å². The quantitative estimate of drug-likeness (QED) is 0.146. The highest BCUT2D eigenvalue weighted by Gasteiger charge is 2.23. The number of quaternary nitrogens is 1. The molecule has 190 valence electrons. The summed E-state index contributed by atoms with van der Waals surface area (Å²) in [5, 5.41) is 11.6. The van der Waals surface area contributed by atoms with Gasteiger partial charge in [0.25, 0.3) is 7.82 Å². The van der Waals surface area contributed by atoms with E-state index >= 15 is 0 Å². The first-order chi connectivity index (χ1) is 15.0. The second kappa shape index (κ2) is 17.5. The molecule has 0 fully saturated rings. The molecule has 10 heteroatoms. The molecule has 2 N–H and O–H groups in total. The van der Waals surface area contributed by atoms with E-state index in [2.05, 4.69) is 16.8 Å². The van der Waals surface area contributed by atoms with Crippen LogP contribution in [-0.4, -0.2) is 68.4 Å². The lowest BCUT2D eigenvalue weighted by atomic mass is 10.1. The van der Waals surface area contributed by atoms with Gasteiger partial charge >= 0.3 is 5.97 Å². The Balaban J connectivity index is 3.99. The molecule has 0 aromatic carbocycles. The number of carbonyl (C=O) groups is 2. The molecule has 0 rings (SSSR count). The Morgan fingerprint density at radius 2 is 1.44 bits per heavy atom. The Morgan fingerprint density at radius 3 is 1.91 bits per heavy atom. The van der Waals surface area contributed by atoms with Crippen LogP contribution in [0.1, 0.15) is 84.0 Å². The summed E-state index contributed by atoms with van der Waals surface area (Å²) in [5.74, 6) is -1.78. The molecule has 0 saturated carbocycles. The van der Waals surface area contributed by atoms with E-state index in [-0.39, 0.29) is 13.0 Å². The highest BCUT2D eigenvalue weighted by Crippen LogP contribution is 2.38. The minimum Gasteiger partial charge on any atom is -0.756 e. The number of amides is 1. The summed E-state index contributed by atoms with van der Waals surface area (Å²) < 4.78 is 21.7. The number of unbranched alkanes of at least 4 members (excludes halogenated alkanes) is 10. The van der Waals surface area contributed by atoms with Gasteiger partial charge in [-0.05, 0) is 6.42 Å². The second-order valence-corrected chi connectivity index (χ2v) is 10.7. The summed E-state index contributed by atoms with van der Waals surface area (Å²) >= 11 is 0. The second-order valence-electron chi connectivity index (χ2n) is 9.33. The number of carboxylic acid groups (broad SMARTS) is 1. The lowest BCUT2D eigenvalue weighted by Gasteiger charge is -2.28. The zero-order valence-corrected chi connectivity index (χ0v) is 21.4. The van der Waals surface area contributed by atoms with Gasteiger partial charge in [0.1, 0.15) is 13.2 Å². The molecule has 0 saturated heterocycles. The van der Waals surface area contributed by atoms with Crippen molar-refractivity contribution in [2.45, 2.75) is 90.0 Å². The molecular formula is C22H45N2O7P. The number of aliphatic carboxylic acids is 1. The van der Waals surface area contributed by atoms with Crippen LogP contribution in [0.3, 0.4) is 0 Å². The fraction of sp³-hybridized carbons (Fsp3) is 0.909. The standard InChI is InChI=1S/C22H45N2O7P/c1-5-6-7-8-9-10-11-12-13-14-15-16-21(25)23-20(22(26)27)19-31-32(28,29)30-18-17-24(2,3)4/h20H,5-19H2,1-4H3,(H2-,23,25,26,27,28,29)/t20-/m0/s1. The van der Waals surface area contributed by atoms with E-state index in [1.165, 1.54) is 44.9 Å². The van der Waals surface area contributed by atoms with Crippen LogP contribution in [0.5, 0.6) is 0 Å². The van der Waals surface area contributed by atoms with Gasteiger partial charge in [-0.25, -0.2) is 4.79 Å². The molecule has 0 spiro atoms. The summed E-state index contributed by atoms with van der Waals surface area (Å²) in [4.78, 5) is 35.1. The fourth-order valence-corrected chi connectivity index (χ4v) is 3.73. The number of hydrogen-bond donors (Lipinski definition) is 2. The number of carbonyl (C=O) groups excluding carboxylic acids is 1. The van der Waals surface area contributed by atoms with E-state index in [1.54, 1.807) is 0 Å². The van der Waals surface area contributed by atoms with Crippen LogP contribution < -0.4 is 10.2 Å². The molecule has 1 unspecified atom stereocenters. The highest BCUT2D eigenvalue weighted by atomic mass is 31.2. The number of nitrogens with zero attached hydrogens (tertiary/aromatic N) is 1. The molecular weight excluding hydrogens is 435 g/mol. The minimum absolute atomic E-state index is 0.0762. The number of hydrogen-bond acceptors (Lipinski definition) is 6. The predicted octanol–water partition coefficient (Wildman–Crippen LogP) is 3.46. The Morgan fingerprint density at radius 1 is 0.938 bits per heavy atom. The van der Waals surface area contributed by atoms with Gasteiger partial charge in [-0.3, -0.25) is 9.36 Å². The van der Waals surface area contributed by atoms with Gasteiger partial charge < -0.3 is 28.8 Å². The summed E-state index contributed by atoms with van der Waals surface area (Å²) in [6, 6.07) is -1.44. The number of phosphoric acid groups is 1. The Labute approximate surface area is 194 Å². The molecule has 0 radical (unpaired) electrons. The third-order valence-corrected chi connectivity index (χ3v) is 6.02. The van der Waals surface area contributed by atoms with E-state index in [0.29, 0.717) is 17.4 Å². The zero-order chi connectivity index (χ0) is 24.5. The molecule has 32 heavy (non-hydrogen) atoms. The fourth-order valence-electron chi connectivity index (χ4n) is 3.02. The van der Waals surface area contributed by atoms with Gasteiger partial charge in [0.15, 0.2) is 6.04 Å². The summed E-state index contributed by atoms with van der Waals surface area (Å²) in [6.45, 7) is 1.87. The van der Waals surface area contributed by atoms with Crippen molar-refractivity contribution >= 4 is 19.7 Å². The molecule has 0 aliphatic heterocycles. The zero-order valence-electron chi connectivity index (χ0n) is 20.5. The maximum atomic E-state index is 12.0. The van der Waals surface area contributed by atoms with Crippen molar-refractivity contribution in [3.63, 3.8) is 0 Å². The van der Waals surface area contributed by atoms with Crippen molar-refractivity contribution in [3.05, 3.63) is 0 Å². The summed E-state index contributed by atoms with van der Waals surface area (Å²) in [6.07, 6.45) is 13.0. The molecule has 0 aromatic heterocycles. The first-order valence-electron chi connectivity index (χ1n) is 11.9. The van der Waals surface area contributed by atoms with Gasteiger partial charge in [-0.1, -0.05) is 71.1 Å². The maximum Gasteiger partial charge on any atom is 0.328 e. The van der Waals surface area contributed by atoms with Crippen LogP contribution in [0.4, 0.5) is 0 Å². The van der Waals surface area contributed by atoms with E-state index in [4.69, 9.17) is 4.52 Å². The van der Waals surface area contributed by atoms with Crippen LogP contribution in [0.2, 0.25) is 0 Å². The number of nitrogens with one attached hydrogen (secondary N) is 1. The molecule has 0 bridgehead atoms. The molecule has 9 nitrogen and oxygen atoms in total. The van der Waals surface area contributed by atoms with Crippen molar-refractivity contribution in [2.24, 2.45) is 0 Å². The summed E-state index contributed by atoms with van der Waals surface area (Å²) in [5.41, 5.74) is 0. The van der Waals surface area contributed by atoms with Crippen LogP contribution in [0.25, 0.3) is 0 Å². The lowest BCUT2D eigenvalue weighted by Crippen LogP contribution is -2.44. The Kier molecular flexibility index (Phi) is 16.9. The first-order valence-corrected chi connectivity index (χ1v) is 13.4. The first kappa shape index (κ1) is 31.0. The molecule has 0 heterocycles. The molecule has 0 aromatic rings. The smallest absolute Gasteiger partial charge is 0.328 e. The number of carboxylic acids is 1. The van der Waals surface area contributed by atoms with Crippen LogP contribution in [0, 0.1) is 0 Å². The molecule has 2 atom stereocenters. The van der Waals surface area contributed by atoms with Gasteiger partial charge in [0, 0.05) is 6.42 Å². The van der Waals surface area contributed by atoms with E-state index in [9.17, 15) is 24.2 Å². The van der Waals surface area contributed by atoms with Crippen LogP contribution in [0.15, 0.2) is 0 Å². The average molecular weight is 481 g/mol. The molecule has 0 aliphatic carbocycles. The SMILES string of the molecule is CCCCCCCCCCCCCC(=O)N[C@@H](COP(=O)([O-])OCC[N+](C)(C)C)C(=O)O. The summed E-state index contributed by atoms with van der Waals surface area (Å²) in [7, 11) is 1.00. The van der Waals surface area contributed by atoms with Crippen molar-refractivity contribution in [2.75, 3.05) is 40.9 Å². The molecule has 1 amide bonds. The predicted molar refractivity (Wildman–Crippen MR) is 123 cm³/mol. The van der Waals surface area contributed by atoms with E-state index in [0.717, 1.165) is 19.3 Å². The highest BCUT2D eigenvalue weighted by molar-refractivity contribution is 7.45. The van der Waals surface area contributed by atoms with Gasteiger partial charge in [-0.15, -0.1) is 0 Å². The third-order valence-electron chi connectivity index (χ3n) is 5.05. The van der Waals surface area contributed by atoms with E-state index < -0.39 is 32.3 Å². The topological polar surface area (TPSA) is 125 Å². The number of rotatable bonds is 21. The van der Waals surface area contributed by atoms with Crippen LogP contribution >= 0.6 is 7.82 Å². The van der Waals surface area contributed by atoms with Gasteiger partial charge in [0.05, 0.1) is 27.7 Å². The Hall–Kier alpha value is -0.990.